The Hall–Kier alpha value is -1.56. The molecule has 2 atom stereocenters. The van der Waals surface area contributed by atoms with Gasteiger partial charge in [-0.25, -0.2) is 0 Å². The van der Waals surface area contributed by atoms with Crippen LogP contribution in [0.1, 0.15) is 30.2 Å². The Bertz CT molecular complexity index is 527. The highest BCUT2D eigenvalue weighted by Crippen LogP contribution is 2.28. The molecule has 0 bridgehead atoms. The molecule has 2 rings (SSSR count). The molecule has 0 fully saturated rings. The van der Waals surface area contributed by atoms with Crippen molar-refractivity contribution >= 4 is 11.3 Å². The van der Waals surface area contributed by atoms with Gasteiger partial charge in [0.15, 0.2) is 0 Å². The molecule has 102 valence electrons. The lowest BCUT2D eigenvalue weighted by Crippen LogP contribution is -2.24. The number of thiophene rings is 1. The van der Waals surface area contributed by atoms with E-state index in [1.54, 1.807) is 11.3 Å². The van der Waals surface area contributed by atoms with E-state index in [0.29, 0.717) is 12.1 Å². The second-order valence-corrected chi connectivity index (χ2v) is 5.23. The predicted molar refractivity (Wildman–Crippen MR) is 75.5 cm³/mol. The van der Waals surface area contributed by atoms with Crippen LogP contribution in [-0.4, -0.2) is 21.9 Å². The van der Waals surface area contributed by atoms with Crippen molar-refractivity contribution in [3.63, 3.8) is 0 Å². The molecule has 4 nitrogen and oxygen atoms in total. The fraction of sp³-hybridized carbons (Fsp3) is 0.286. The van der Waals surface area contributed by atoms with E-state index in [2.05, 4.69) is 5.32 Å². The van der Waals surface area contributed by atoms with Crippen LogP contribution in [0.4, 0.5) is 0 Å². The van der Waals surface area contributed by atoms with Crippen molar-refractivity contribution in [3.05, 3.63) is 46.2 Å². The van der Waals surface area contributed by atoms with Crippen LogP contribution in [0.5, 0.6) is 11.5 Å². The number of aromatic hydroxyl groups is 2. The summed E-state index contributed by atoms with van der Waals surface area (Å²) in [7, 11) is 0. The highest BCUT2D eigenvalue weighted by atomic mass is 32.1. The fourth-order valence-corrected chi connectivity index (χ4v) is 2.58. The quantitative estimate of drug-likeness (QED) is 0.635. The minimum Gasteiger partial charge on any atom is -0.508 e. The largest absolute Gasteiger partial charge is 0.508 e. The van der Waals surface area contributed by atoms with Crippen LogP contribution >= 0.6 is 11.3 Å². The van der Waals surface area contributed by atoms with E-state index in [0.717, 1.165) is 5.56 Å². The van der Waals surface area contributed by atoms with Gasteiger partial charge in [-0.3, -0.25) is 0 Å². The number of aliphatic hydroxyl groups excluding tert-OH is 1. The van der Waals surface area contributed by atoms with Gasteiger partial charge in [-0.05, 0) is 47.5 Å². The van der Waals surface area contributed by atoms with Crippen molar-refractivity contribution in [2.45, 2.75) is 19.1 Å². The van der Waals surface area contributed by atoms with Gasteiger partial charge in [0, 0.05) is 18.2 Å². The van der Waals surface area contributed by atoms with Gasteiger partial charge in [-0.2, -0.15) is 11.3 Å². The summed E-state index contributed by atoms with van der Waals surface area (Å²) in [5.41, 5.74) is 1.49. The first-order valence-corrected chi connectivity index (χ1v) is 6.97. The molecule has 0 aliphatic carbocycles. The number of hydrogen-bond donors (Lipinski definition) is 4. The van der Waals surface area contributed by atoms with Crippen molar-refractivity contribution in [3.8, 4) is 11.5 Å². The third-order valence-electron chi connectivity index (χ3n) is 3.02. The zero-order valence-electron chi connectivity index (χ0n) is 10.6. The van der Waals surface area contributed by atoms with Crippen LogP contribution in [0.2, 0.25) is 0 Å². The van der Waals surface area contributed by atoms with Gasteiger partial charge in [0.05, 0.1) is 6.10 Å². The maximum absolute atomic E-state index is 9.96. The lowest BCUT2D eigenvalue weighted by Gasteiger charge is -2.18. The zero-order chi connectivity index (χ0) is 13.8. The Morgan fingerprint density at radius 2 is 2.05 bits per heavy atom. The summed E-state index contributed by atoms with van der Waals surface area (Å²) < 4.78 is 0. The maximum Gasteiger partial charge on any atom is 0.120 e. The van der Waals surface area contributed by atoms with E-state index in [4.69, 9.17) is 0 Å². The van der Waals surface area contributed by atoms with Crippen molar-refractivity contribution in [2.24, 2.45) is 0 Å². The summed E-state index contributed by atoms with van der Waals surface area (Å²) in [6.07, 6.45) is -0.576. The summed E-state index contributed by atoms with van der Waals surface area (Å²) in [6, 6.07) is 6.13. The molecule has 0 aliphatic rings. The van der Waals surface area contributed by atoms with E-state index < -0.39 is 6.10 Å². The normalized spacial score (nSPS) is 14.2. The molecule has 2 unspecified atom stereocenters. The second-order valence-electron chi connectivity index (χ2n) is 4.45. The summed E-state index contributed by atoms with van der Waals surface area (Å²) in [4.78, 5) is 0. The van der Waals surface area contributed by atoms with Gasteiger partial charge in [0.25, 0.3) is 0 Å². The number of rotatable bonds is 5. The number of benzene rings is 1. The minimum atomic E-state index is -0.576. The van der Waals surface area contributed by atoms with Crippen LogP contribution in [-0.2, 0) is 0 Å². The monoisotopic (exact) mass is 279 g/mol. The molecular weight excluding hydrogens is 262 g/mol. The molecule has 1 heterocycles. The number of aliphatic hydroxyl groups is 1. The number of hydrogen-bond acceptors (Lipinski definition) is 5. The van der Waals surface area contributed by atoms with Crippen molar-refractivity contribution in [1.29, 1.82) is 0 Å². The molecular formula is C14H17NO3S. The molecule has 2 aromatic rings. The third-order valence-corrected chi connectivity index (χ3v) is 3.72. The molecule has 0 aliphatic heterocycles. The smallest absolute Gasteiger partial charge is 0.120 e. The van der Waals surface area contributed by atoms with E-state index in [-0.39, 0.29) is 17.5 Å². The molecule has 4 N–H and O–H groups in total. The van der Waals surface area contributed by atoms with E-state index in [9.17, 15) is 15.3 Å². The van der Waals surface area contributed by atoms with Gasteiger partial charge in [0.1, 0.15) is 11.5 Å². The minimum absolute atomic E-state index is 0.111. The van der Waals surface area contributed by atoms with Gasteiger partial charge in [-0.15, -0.1) is 0 Å². The van der Waals surface area contributed by atoms with Gasteiger partial charge >= 0.3 is 0 Å². The highest BCUT2D eigenvalue weighted by molar-refractivity contribution is 7.07. The Kier molecular flexibility index (Phi) is 4.42. The Balaban J connectivity index is 1.97. The molecule has 19 heavy (non-hydrogen) atoms. The molecule has 0 radical (unpaired) electrons. The van der Waals surface area contributed by atoms with Gasteiger partial charge < -0.3 is 20.6 Å². The van der Waals surface area contributed by atoms with Crippen LogP contribution < -0.4 is 5.32 Å². The van der Waals surface area contributed by atoms with Crippen molar-refractivity contribution in [2.75, 3.05) is 6.54 Å². The fourth-order valence-electron chi connectivity index (χ4n) is 1.87. The second kappa shape index (κ2) is 6.06. The number of phenolic OH excluding ortho intramolecular Hbond substituents is 2. The molecule has 0 amide bonds. The van der Waals surface area contributed by atoms with Crippen molar-refractivity contribution < 1.29 is 15.3 Å². The molecule has 5 heteroatoms. The number of phenols is 2. The Labute approximate surface area is 116 Å². The lowest BCUT2D eigenvalue weighted by molar-refractivity contribution is 0.171. The van der Waals surface area contributed by atoms with Crippen LogP contribution in [0, 0.1) is 0 Å². The number of nitrogens with one attached hydrogen (secondary N) is 1. The van der Waals surface area contributed by atoms with Gasteiger partial charge in [-0.1, -0.05) is 0 Å². The first-order chi connectivity index (χ1) is 9.08. The summed E-state index contributed by atoms with van der Waals surface area (Å²) >= 11 is 1.54. The van der Waals surface area contributed by atoms with Gasteiger partial charge in [0.2, 0.25) is 0 Å². The van der Waals surface area contributed by atoms with E-state index in [1.807, 2.05) is 23.8 Å². The van der Waals surface area contributed by atoms with E-state index in [1.165, 1.54) is 18.2 Å². The van der Waals surface area contributed by atoms with Crippen molar-refractivity contribution in [1.82, 2.24) is 5.32 Å². The summed E-state index contributed by atoms with van der Waals surface area (Å²) in [5, 5.41) is 36.1. The maximum atomic E-state index is 9.96. The lowest BCUT2D eigenvalue weighted by atomic mass is 10.1. The summed E-state index contributed by atoms with van der Waals surface area (Å²) in [6.45, 7) is 2.25. The predicted octanol–water partition coefficient (Wildman–Crippen LogP) is 2.54. The SMILES string of the molecule is CC(NCC(O)c1ccsc1)c1cc(O)ccc1O. The Morgan fingerprint density at radius 1 is 1.26 bits per heavy atom. The standard InChI is InChI=1S/C14H17NO3S/c1-9(12-6-11(16)2-3-13(12)17)15-7-14(18)10-4-5-19-8-10/h2-6,8-9,14-18H,7H2,1H3. The van der Waals surface area contributed by atoms with Crippen LogP contribution in [0.15, 0.2) is 35.0 Å². The average Bonchev–Trinajstić information content (AvgIpc) is 2.92. The average molecular weight is 279 g/mol. The van der Waals surface area contributed by atoms with Crippen LogP contribution in [0.3, 0.4) is 0 Å². The topological polar surface area (TPSA) is 72.7 Å². The molecule has 0 saturated carbocycles. The van der Waals surface area contributed by atoms with Crippen LogP contribution in [0.25, 0.3) is 0 Å². The third kappa shape index (κ3) is 3.47. The molecule has 0 spiro atoms. The first kappa shape index (κ1) is 13.9. The zero-order valence-corrected chi connectivity index (χ0v) is 11.4. The summed E-state index contributed by atoms with van der Waals surface area (Å²) in [5.74, 6) is 0.239. The molecule has 0 saturated heterocycles. The highest BCUT2D eigenvalue weighted by Gasteiger charge is 2.14. The molecule has 1 aromatic heterocycles. The molecule has 1 aromatic carbocycles. The Morgan fingerprint density at radius 3 is 2.74 bits per heavy atom. The van der Waals surface area contributed by atoms with E-state index >= 15 is 0 Å². The first-order valence-electron chi connectivity index (χ1n) is 6.03.